The van der Waals surface area contributed by atoms with E-state index >= 15 is 0 Å². The Kier molecular flexibility index (Phi) is 3.14. The van der Waals surface area contributed by atoms with Crippen LogP contribution in [0.15, 0.2) is 11.6 Å². The van der Waals surface area contributed by atoms with E-state index in [0.717, 1.165) is 15.7 Å². The van der Waals surface area contributed by atoms with Crippen molar-refractivity contribution >= 4 is 22.7 Å². The predicted molar refractivity (Wildman–Crippen MR) is 62.4 cm³/mol. The van der Waals surface area contributed by atoms with Crippen LogP contribution >= 0.6 is 22.7 Å². The van der Waals surface area contributed by atoms with E-state index in [1.807, 2.05) is 19.2 Å². The summed E-state index contributed by atoms with van der Waals surface area (Å²) in [5.74, 6) is 0. The van der Waals surface area contributed by atoms with Crippen molar-refractivity contribution in [3.63, 3.8) is 0 Å². The molecule has 1 unspecified atom stereocenters. The summed E-state index contributed by atoms with van der Waals surface area (Å²) in [6.45, 7) is 4.04. The topological polar surface area (TPSA) is 46.0 Å². The lowest BCUT2D eigenvalue weighted by molar-refractivity contribution is 0.178. The van der Waals surface area contributed by atoms with Gasteiger partial charge in [0.15, 0.2) is 0 Å². The second-order valence-electron chi connectivity index (χ2n) is 3.34. The first-order chi connectivity index (χ1) is 7.16. The van der Waals surface area contributed by atoms with E-state index in [2.05, 4.69) is 9.97 Å². The van der Waals surface area contributed by atoms with Crippen molar-refractivity contribution in [2.24, 2.45) is 0 Å². The Bertz CT molecular complexity index is 417. The number of hydrogen-bond donors (Lipinski definition) is 1. The molecule has 5 heteroatoms. The van der Waals surface area contributed by atoms with Crippen LogP contribution in [0, 0.1) is 13.8 Å². The number of aromatic nitrogens is 2. The fourth-order valence-electron chi connectivity index (χ4n) is 1.28. The third-order valence-electron chi connectivity index (χ3n) is 2.18. The molecule has 0 spiro atoms. The van der Waals surface area contributed by atoms with Crippen LogP contribution in [-0.2, 0) is 6.42 Å². The summed E-state index contributed by atoms with van der Waals surface area (Å²) in [5, 5.41) is 13.5. The highest BCUT2D eigenvalue weighted by Gasteiger charge is 2.14. The molecule has 0 saturated heterocycles. The standard InChI is InChI=1S/C10H12N2OS2/c1-6-7(2)15-9(12-6)5-8(13)10-11-3-4-14-10/h3-4,8,13H,5H2,1-2H3. The molecular formula is C10H12N2OS2. The first-order valence-corrected chi connectivity index (χ1v) is 6.37. The van der Waals surface area contributed by atoms with Crippen molar-refractivity contribution in [3.8, 4) is 0 Å². The fourth-order valence-corrected chi connectivity index (χ4v) is 2.87. The molecule has 0 aliphatic rings. The zero-order valence-electron chi connectivity index (χ0n) is 8.60. The number of aliphatic hydroxyl groups excluding tert-OH is 1. The minimum absolute atomic E-state index is 0.519. The number of thiazole rings is 2. The van der Waals surface area contributed by atoms with E-state index in [1.165, 1.54) is 16.2 Å². The average Bonchev–Trinajstić information content (AvgIpc) is 2.77. The lowest BCUT2D eigenvalue weighted by atomic mass is 10.3. The highest BCUT2D eigenvalue weighted by atomic mass is 32.1. The van der Waals surface area contributed by atoms with E-state index in [4.69, 9.17) is 0 Å². The normalized spacial score (nSPS) is 13.0. The molecule has 2 aromatic heterocycles. The molecular weight excluding hydrogens is 228 g/mol. The van der Waals surface area contributed by atoms with Crippen LogP contribution in [0.5, 0.6) is 0 Å². The first-order valence-electron chi connectivity index (χ1n) is 4.67. The van der Waals surface area contributed by atoms with Gasteiger partial charge in [0, 0.05) is 22.9 Å². The van der Waals surface area contributed by atoms with Crippen molar-refractivity contribution in [1.29, 1.82) is 0 Å². The third-order valence-corrected chi connectivity index (χ3v) is 4.15. The summed E-state index contributed by atoms with van der Waals surface area (Å²) in [4.78, 5) is 9.70. The van der Waals surface area contributed by atoms with Gasteiger partial charge in [0.2, 0.25) is 0 Å². The van der Waals surface area contributed by atoms with Crippen LogP contribution in [-0.4, -0.2) is 15.1 Å². The SMILES string of the molecule is Cc1nc(CC(O)c2nccs2)sc1C. The van der Waals surface area contributed by atoms with Crippen LogP contribution < -0.4 is 0 Å². The zero-order chi connectivity index (χ0) is 10.8. The monoisotopic (exact) mass is 240 g/mol. The Balaban J connectivity index is 2.09. The summed E-state index contributed by atoms with van der Waals surface area (Å²) in [6, 6.07) is 0. The molecule has 2 rings (SSSR count). The van der Waals surface area contributed by atoms with E-state index in [0.29, 0.717) is 6.42 Å². The van der Waals surface area contributed by atoms with E-state index in [1.54, 1.807) is 17.5 Å². The Morgan fingerprint density at radius 3 is 2.80 bits per heavy atom. The number of aliphatic hydroxyl groups is 1. The van der Waals surface area contributed by atoms with E-state index < -0.39 is 6.10 Å². The van der Waals surface area contributed by atoms with Gasteiger partial charge in [-0.2, -0.15) is 0 Å². The summed E-state index contributed by atoms with van der Waals surface area (Å²) in [7, 11) is 0. The summed E-state index contributed by atoms with van der Waals surface area (Å²) >= 11 is 3.12. The minimum Gasteiger partial charge on any atom is -0.385 e. The molecule has 0 fully saturated rings. The van der Waals surface area contributed by atoms with E-state index in [9.17, 15) is 5.11 Å². The average molecular weight is 240 g/mol. The quantitative estimate of drug-likeness (QED) is 0.896. The maximum absolute atomic E-state index is 9.88. The van der Waals surface area contributed by atoms with Gasteiger partial charge < -0.3 is 5.11 Å². The molecule has 15 heavy (non-hydrogen) atoms. The van der Waals surface area contributed by atoms with E-state index in [-0.39, 0.29) is 0 Å². The second kappa shape index (κ2) is 4.38. The maximum atomic E-state index is 9.88. The minimum atomic E-state index is -0.519. The van der Waals surface area contributed by atoms with Gasteiger partial charge >= 0.3 is 0 Å². The molecule has 1 atom stereocenters. The van der Waals surface area contributed by atoms with Crippen LogP contribution in [0.3, 0.4) is 0 Å². The fraction of sp³-hybridized carbons (Fsp3) is 0.400. The molecule has 0 aliphatic heterocycles. The van der Waals surface area contributed by atoms with Gasteiger partial charge in [0.05, 0.1) is 10.7 Å². The summed E-state index contributed by atoms with van der Waals surface area (Å²) < 4.78 is 0. The molecule has 0 bridgehead atoms. The molecule has 0 amide bonds. The van der Waals surface area contributed by atoms with Crippen molar-refractivity contribution in [1.82, 2.24) is 9.97 Å². The molecule has 2 heterocycles. The first kappa shape index (κ1) is 10.7. The Morgan fingerprint density at radius 1 is 1.47 bits per heavy atom. The highest BCUT2D eigenvalue weighted by Crippen LogP contribution is 2.24. The predicted octanol–water partition coefficient (Wildman–Crippen LogP) is 2.49. The summed E-state index contributed by atoms with van der Waals surface area (Å²) in [6.07, 6.45) is 1.75. The second-order valence-corrected chi connectivity index (χ2v) is 5.55. The largest absolute Gasteiger partial charge is 0.385 e. The Labute approximate surface area is 96.5 Å². The maximum Gasteiger partial charge on any atom is 0.122 e. The molecule has 3 nitrogen and oxygen atoms in total. The van der Waals surface area contributed by atoms with Crippen LogP contribution in [0.4, 0.5) is 0 Å². The molecule has 2 aromatic rings. The van der Waals surface area contributed by atoms with Crippen LogP contribution in [0.1, 0.15) is 26.7 Å². The molecule has 0 aromatic carbocycles. The molecule has 80 valence electrons. The van der Waals surface area contributed by atoms with Gasteiger partial charge in [-0.3, -0.25) is 0 Å². The molecule has 0 saturated carbocycles. The van der Waals surface area contributed by atoms with Crippen molar-refractivity contribution in [2.75, 3.05) is 0 Å². The van der Waals surface area contributed by atoms with Crippen molar-refractivity contribution in [2.45, 2.75) is 26.4 Å². The van der Waals surface area contributed by atoms with Crippen molar-refractivity contribution in [3.05, 3.63) is 32.2 Å². The smallest absolute Gasteiger partial charge is 0.122 e. The highest BCUT2D eigenvalue weighted by molar-refractivity contribution is 7.11. The summed E-state index contributed by atoms with van der Waals surface area (Å²) in [5.41, 5.74) is 1.06. The van der Waals surface area contributed by atoms with Crippen LogP contribution in [0.2, 0.25) is 0 Å². The third kappa shape index (κ3) is 2.42. The number of nitrogens with zero attached hydrogens (tertiary/aromatic N) is 2. The van der Waals surface area contributed by atoms with Gasteiger partial charge in [-0.05, 0) is 13.8 Å². The molecule has 0 aliphatic carbocycles. The zero-order valence-corrected chi connectivity index (χ0v) is 10.2. The van der Waals surface area contributed by atoms with Crippen molar-refractivity contribution < 1.29 is 5.11 Å². The van der Waals surface area contributed by atoms with Crippen LogP contribution in [0.25, 0.3) is 0 Å². The molecule has 0 radical (unpaired) electrons. The lowest BCUT2D eigenvalue weighted by Crippen LogP contribution is -2.00. The Morgan fingerprint density at radius 2 is 2.27 bits per heavy atom. The Hall–Kier alpha value is -0.780. The van der Waals surface area contributed by atoms with Gasteiger partial charge in [-0.15, -0.1) is 22.7 Å². The number of aryl methyl sites for hydroxylation is 2. The molecule has 1 N–H and O–H groups in total. The van der Waals surface area contributed by atoms with Gasteiger partial charge in [0.25, 0.3) is 0 Å². The lowest BCUT2D eigenvalue weighted by Gasteiger charge is -2.03. The van der Waals surface area contributed by atoms with Gasteiger partial charge in [0.1, 0.15) is 11.1 Å². The number of hydrogen-bond acceptors (Lipinski definition) is 5. The number of rotatable bonds is 3. The van der Waals surface area contributed by atoms with Gasteiger partial charge in [-0.1, -0.05) is 0 Å². The van der Waals surface area contributed by atoms with Gasteiger partial charge in [-0.25, -0.2) is 9.97 Å².